The molecule has 26 heavy (non-hydrogen) atoms. The monoisotopic (exact) mass is 353 g/mol. The first-order chi connectivity index (χ1) is 12.7. The first kappa shape index (κ1) is 20.2. The van der Waals surface area contributed by atoms with Gasteiger partial charge in [-0.1, -0.05) is 79.2 Å². The molecule has 0 aromatic heterocycles. The average Bonchev–Trinajstić information content (AvgIpc) is 2.67. The molecule has 0 aliphatic carbocycles. The van der Waals surface area contributed by atoms with Crippen LogP contribution < -0.4 is 0 Å². The third kappa shape index (κ3) is 7.40. The molecule has 1 N–H and O–H groups in total. The van der Waals surface area contributed by atoms with Gasteiger partial charge in [-0.05, 0) is 43.7 Å². The van der Waals surface area contributed by atoms with E-state index in [4.69, 9.17) is 4.84 Å². The molecule has 140 valence electrons. The molecule has 0 aliphatic heterocycles. The summed E-state index contributed by atoms with van der Waals surface area (Å²) in [4.78, 5) is 5.96. The Morgan fingerprint density at radius 2 is 1.62 bits per heavy atom. The van der Waals surface area contributed by atoms with Gasteiger partial charge in [-0.15, -0.1) is 0 Å². The molecule has 0 bridgehead atoms. The van der Waals surface area contributed by atoms with Crippen molar-refractivity contribution in [2.24, 2.45) is 5.16 Å². The van der Waals surface area contributed by atoms with E-state index in [1.165, 1.54) is 5.56 Å². The number of benzene rings is 2. The van der Waals surface area contributed by atoms with Crippen molar-refractivity contribution in [2.75, 3.05) is 0 Å². The zero-order valence-corrected chi connectivity index (χ0v) is 16.0. The molecular weight excluding hydrogens is 322 g/mol. The minimum absolute atomic E-state index is 0.0547. The van der Waals surface area contributed by atoms with E-state index in [0.29, 0.717) is 0 Å². The highest BCUT2D eigenvalue weighted by Gasteiger charge is 2.13. The Balaban J connectivity index is 2.13. The van der Waals surface area contributed by atoms with Crippen LogP contribution in [0.25, 0.3) is 0 Å². The highest BCUT2D eigenvalue weighted by atomic mass is 16.6. The van der Waals surface area contributed by atoms with Crippen LogP contribution in [0.1, 0.15) is 57.1 Å². The maximum Gasteiger partial charge on any atom is 0.127 e. The highest BCUT2D eigenvalue weighted by molar-refractivity contribution is 6.01. The Morgan fingerprint density at radius 3 is 2.23 bits per heavy atom. The van der Waals surface area contributed by atoms with E-state index in [0.717, 1.165) is 49.8 Å². The fraction of sp³-hybridized carbons (Fsp3) is 0.435. The van der Waals surface area contributed by atoms with Gasteiger partial charge in [-0.2, -0.15) is 0 Å². The smallest absolute Gasteiger partial charge is 0.127 e. The van der Waals surface area contributed by atoms with Crippen molar-refractivity contribution in [2.45, 2.75) is 64.6 Å². The van der Waals surface area contributed by atoms with Crippen LogP contribution in [0.5, 0.6) is 0 Å². The lowest BCUT2D eigenvalue weighted by Gasteiger charge is -2.17. The number of nitrogens with zero attached hydrogens (tertiary/aromatic N) is 1. The van der Waals surface area contributed by atoms with Crippen molar-refractivity contribution in [1.29, 1.82) is 0 Å². The number of hydrogen-bond donors (Lipinski definition) is 1. The Bertz CT molecular complexity index is 638. The van der Waals surface area contributed by atoms with Gasteiger partial charge in [-0.25, -0.2) is 0 Å². The van der Waals surface area contributed by atoms with Crippen molar-refractivity contribution in [3.05, 3.63) is 71.8 Å². The second-order valence-corrected chi connectivity index (χ2v) is 6.86. The number of aliphatic hydroxyl groups is 1. The summed E-state index contributed by atoms with van der Waals surface area (Å²) in [5, 5.41) is 14.1. The summed E-state index contributed by atoms with van der Waals surface area (Å²) in [5.74, 6) is 0. The Kier molecular flexibility index (Phi) is 8.91. The molecule has 2 atom stereocenters. The quantitative estimate of drug-likeness (QED) is 0.436. The minimum atomic E-state index is -0.301. The molecule has 2 aromatic rings. The second kappa shape index (κ2) is 11.5. The summed E-state index contributed by atoms with van der Waals surface area (Å²) < 4.78 is 0. The molecule has 3 heteroatoms. The van der Waals surface area contributed by atoms with Gasteiger partial charge < -0.3 is 9.94 Å². The van der Waals surface area contributed by atoms with Gasteiger partial charge in [0.05, 0.1) is 11.8 Å². The van der Waals surface area contributed by atoms with Gasteiger partial charge in [0.1, 0.15) is 6.10 Å². The maximum absolute atomic E-state index is 9.59. The van der Waals surface area contributed by atoms with Crippen LogP contribution in [0, 0.1) is 0 Å². The van der Waals surface area contributed by atoms with Crippen molar-refractivity contribution >= 4 is 5.71 Å². The molecule has 0 heterocycles. The van der Waals surface area contributed by atoms with E-state index in [-0.39, 0.29) is 12.2 Å². The van der Waals surface area contributed by atoms with Crippen LogP contribution in [-0.2, 0) is 11.3 Å². The van der Waals surface area contributed by atoms with Gasteiger partial charge >= 0.3 is 0 Å². The lowest BCUT2D eigenvalue weighted by Crippen LogP contribution is -2.15. The zero-order chi connectivity index (χ0) is 18.6. The summed E-state index contributed by atoms with van der Waals surface area (Å²) >= 11 is 0. The number of hydrogen-bond acceptors (Lipinski definition) is 3. The Labute approximate surface area is 157 Å². The first-order valence-corrected chi connectivity index (χ1v) is 9.69. The number of oxime groups is 1. The molecular formula is C23H31NO2. The third-order valence-electron chi connectivity index (χ3n) is 4.42. The molecule has 2 rings (SSSR count). The van der Waals surface area contributed by atoms with E-state index in [2.05, 4.69) is 36.3 Å². The molecule has 0 fully saturated rings. The summed E-state index contributed by atoms with van der Waals surface area (Å²) in [6, 6.07) is 20.5. The fourth-order valence-electron chi connectivity index (χ4n) is 2.85. The Hall–Kier alpha value is -2.13. The molecule has 0 aliphatic rings. The van der Waals surface area contributed by atoms with E-state index >= 15 is 0 Å². The van der Waals surface area contributed by atoms with Crippen molar-refractivity contribution < 1.29 is 9.94 Å². The predicted molar refractivity (Wildman–Crippen MR) is 108 cm³/mol. The fourth-order valence-corrected chi connectivity index (χ4v) is 2.85. The largest absolute Gasteiger partial charge is 0.393 e. The third-order valence-corrected chi connectivity index (χ3v) is 4.42. The molecule has 0 saturated carbocycles. The van der Waals surface area contributed by atoms with E-state index in [1.807, 2.05) is 43.3 Å². The minimum Gasteiger partial charge on any atom is -0.393 e. The topological polar surface area (TPSA) is 41.8 Å². The SMILES string of the molecule is CCCCC(CCC(C)O)ON=C(Cc1ccccc1)c1ccccc1. The van der Waals surface area contributed by atoms with Gasteiger partial charge in [0.15, 0.2) is 0 Å². The van der Waals surface area contributed by atoms with E-state index in [1.54, 1.807) is 0 Å². The highest BCUT2D eigenvalue weighted by Crippen LogP contribution is 2.15. The van der Waals surface area contributed by atoms with Gasteiger partial charge in [-0.3, -0.25) is 0 Å². The molecule has 2 unspecified atom stereocenters. The molecule has 0 radical (unpaired) electrons. The van der Waals surface area contributed by atoms with Crippen molar-refractivity contribution in [3.8, 4) is 0 Å². The first-order valence-electron chi connectivity index (χ1n) is 9.69. The van der Waals surface area contributed by atoms with Crippen LogP contribution >= 0.6 is 0 Å². The van der Waals surface area contributed by atoms with Crippen molar-refractivity contribution in [3.63, 3.8) is 0 Å². The number of aliphatic hydroxyl groups excluding tert-OH is 1. The second-order valence-electron chi connectivity index (χ2n) is 6.86. The van der Waals surface area contributed by atoms with Crippen LogP contribution in [0.15, 0.2) is 65.8 Å². The summed E-state index contributed by atoms with van der Waals surface area (Å²) in [6.07, 6.45) is 5.27. The summed E-state index contributed by atoms with van der Waals surface area (Å²) in [6.45, 7) is 4.00. The summed E-state index contributed by atoms with van der Waals surface area (Å²) in [5.41, 5.74) is 3.24. The molecule has 0 saturated heterocycles. The van der Waals surface area contributed by atoms with Crippen LogP contribution in [-0.4, -0.2) is 23.0 Å². The normalized spacial score (nSPS) is 14.0. The lowest BCUT2D eigenvalue weighted by molar-refractivity contribution is 0.0341. The number of unbranched alkanes of at least 4 members (excludes halogenated alkanes) is 1. The van der Waals surface area contributed by atoms with Crippen LogP contribution in [0.4, 0.5) is 0 Å². The average molecular weight is 354 g/mol. The Morgan fingerprint density at radius 1 is 0.962 bits per heavy atom. The van der Waals surface area contributed by atoms with Gasteiger partial charge in [0, 0.05) is 6.42 Å². The van der Waals surface area contributed by atoms with Crippen molar-refractivity contribution in [1.82, 2.24) is 0 Å². The van der Waals surface area contributed by atoms with Crippen LogP contribution in [0.2, 0.25) is 0 Å². The van der Waals surface area contributed by atoms with Gasteiger partial charge in [0.25, 0.3) is 0 Å². The molecule has 0 amide bonds. The molecule has 2 aromatic carbocycles. The lowest BCUT2D eigenvalue weighted by atomic mass is 10.0. The van der Waals surface area contributed by atoms with Gasteiger partial charge in [0.2, 0.25) is 0 Å². The summed E-state index contributed by atoms with van der Waals surface area (Å²) in [7, 11) is 0. The standard InChI is InChI=1S/C23H31NO2/c1-3-4-15-22(17-16-19(2)25)26-24-23(21-13-9-6-10-14-21)18-20-11-7-5-8-12-20/h5-14,19,22,25H,3-4,15-18H2,1-2H3. The maximum atomic E-state index is 9.59. The molecule has 3 nitrogen and oxygen atoms in total. The van der Waals surface area contributed by atoms with Crippen LogP contribution in [0.3, 0.4) is 0 Å². The molecule has 0 spiro atoms. The van der Waals surface area contributed by atoms with E-state index < -0.39 is 0 Å². The predicted octanol–water partition coefficient (Wildman–Crippen LogP) is 5.37. The zero-order valence-electron chi connectivity index (χ0n) is 16.0. The number of rotatable bonds is 11. The van der Waals surface area contributed by atoms with E-state index in [9.17, 15) is 5.11 Å².